The van der Waals surface area contributed by atoms with Crippen LogP contribution in [0.4, 0.5) is 15.3 Å². The molecule has 2 heterocycles. The van der Waals surface area contributed by atoms with E-state index in [2.05, 4.69) is 15.2 Å². The van der Waals surface area contributed by atoms with Gasteiger partial charge in [0.1, 0.15) is 5.60 Å². The van der Waals surface area contributed by atoms with E-state index < -0.39 is 17.8 Å². The maximum atomic E-state index is 12.0. The van der Waals surface area contributed by atoms with Crippen LogP contribution in [0.25, 0.3) is 0 Å². The van der Waals surface area contributed by atoms with E-state index >= 15 is 0 Å². The van der Waals surface area contributed by atoms with Crippen molar-refractivity contribution in [3.05, 3.63) is 23.8 Å². The number of hydrogen-bond donors (Lipinski definition) is 1. The third kappa shape index (κ3) is 4.87. The standard InChI is InChI=1S/C18H23N3O4S.ClH/c1-11(2)24-16(22)20-17(23)25-18(3,4)12-6-7-14-13(10-12)21-9-5-8-19-15(21)26-14;/h6-7,10-11H,5,8-9H2,1-4H3,(H,20,22,23);1H. The van der Waals surface area contributed by atoms with Crippen molar-refractivity contribution in [2.45, 2.75) is 50.7 Å². The predicted octanol–water partition coefficient (Wildman–Crippen LogP) is 4.29. The number of aliphatic imine (C=N–C) groups is 1. The third-order valence-electron chi connectivity index (χ3n) is 4.06. The molecule has 2 aliphatic heterocycles. The Labute approximate surface area is 169 Å². The molecule has 0 bridgehead atoms. The molecule has 2 aliphatic rings. The van der Waals surface area contributed by atoms with Gasteiger partial charge in [0.15, 0.2) is 5.17 Å². The fourth-order valence-electron chi connectivity index (χ4n) is 2.83. The third-order valence-corrected chi connectivity index (χ3v) is 5.16. The van der Waals surface area contributed by atoms with Crippen molar-refractivity contribution in [2.24, 2.45) is 4.99 Å². The number of amidine groups is 1. The normalized spacial score (nSPS) is 15.3. The van der Waals surface area contributed by atoms with Gasteiger partial charge < -0.3 is 14.4 Å². The second-order valence-electron chi connectivity index (χ2n) is 6.93. The maximum Gasteiger partial charge on any atom is 0.417 e. The van der Waals surface area contributed by atoms with Gasteiger partial charge in [-0.2, -0.15) is 0 Å². The number of nitrogens with zero attached hydrogens (tertiary/aromatic N) is 2. The summed E-state index contributed by atoms with van der Waals surface area (Å²) in [5.74, 6) is 0. The molecule has 9 heteroatoms. The number of nitrogens with one attached hydrogen (secondary N) is 1. The smallest absolute Gasteiger partial charge is 0.417 e. The van der Waals surface area contributed by atoms with E-state index in [1.807, 2.05) is 18.2 Å². The molecular weight excluding hydrogens is 390 g/mol. The van der Waals surface area contributed by atoms with Crippen molar-refractivity contribution in [1.82, 2.24) is 5.32 Å². The minimum absolute atomic E-state index is 0. The fourth-order valence-corrected chi connectivity index (χ4v) is 3.89. The van der Waals surface area contributed by atoms with Crippen LogP contribution in [0.3, 0.4) is 0 Å². The van der Waals surface area contributed by atoms with Crippen molar-refractivity contribution in [3.63, 3.8) is 0 Å². The van der Waals surface area contributed by atoms with Crippen LogP contribution >= 0.6 is 24.2 Å². The van der Waals surface area contributed by atoms with Gasteiger partial charge in [-0.05, 0) is 63.6 Å². The number of fused-ring (bicyclic) bond motifs is 3. The monoisotopic (exact) mass is 413 g/mol. The van der Waals surface area contributed by atoms with E-state index in [1.165, 1.54) is 0 Å². The number of halogens is 1. The highest BCUT2D eigenvalue weighted by Gasteiger charge is 2.32. The Morgan fingerprint density at radius 3 is 2.74 bits per heavy atom. The summed E-state index contributed by atoms with van der Waals surface area (Å²) in [6, 6.07) is 5.98. The topological polar surface area (TPSA) is 80.2 Å². The van der Waals surface area contributed by atoms with Gasteiger partial charge in [-0.1, -0.05) is 6.07 Å². The largest absolute Gasteiger partial charge is 0.446 e. The molecule has 0 unspecified atom stereocenters. The number of ether oxygens (including phenoxy) is 2. The number of carbonyl (C=O) groups is 2. The molecule has 0 saturated carbocycles. The number of amides is 2. The van der Waals surface area contributed by atoms with E-state index in [1.54, 1.807) is 39.5 Å². The van der Waals surface area contributed by atoms with Gasteiger partial charge in [0.2, 0.25) is 0 Å². The van der Waals surface area contributed by atoms with Crippen LogP contribution in [0.15, 0.2) is 28.1 Å². The maximum absolute atomic E-state index is 12.0. The minimum atomic E-state index is -0.905. The van der Waals surface area contributed by atoms with Crippen LogP contribution in [0.1, 0.15) is 39.7 Å². The molecule has 0 spiro atoms. The first-order chi connectivity index (χ1) is 12.3. The summed E-state index contributed by atoms with van der Waals surface area (Å²) in [5, 5.41) is 3.10. The van der Waals surface area contributed by atoms with Crippen LogP contribution in [0, 0.1) is 0 Å². The van der Waals surface area contributed by atoms with Gasteiger partial charge in [0.25, 0.3) is 0 Å². The molecule has 0 radical (unpaired) electrons. The fraction of sp³-hybridized carbons (Fsp3) is 0.500. The second-order valence-corrected chi connectivity index (χ2v) is 7.94. The summed E-state index contributed by atoms with van der Waals surface area (Å²) in [4.78, 5) is 31.5. The summed E-state index contributed by atoms with van der Waals surface area (Å²) in [5.41, 5.74) is 1.02. The average Bonchev–Trinajstić information content (AvgIpc) is 2.91. The first-order valence-corrected chi connectivity index (χ1v) is 9.43. The van der Waals surface area contributed by atoms with Crippen LogP contribution in [0.5, 0.6) is 0 Å². The van der Waals surface area contributed by atoms with Crippen molar-refractivity contribution in [3.8, 4) is 0 Å². The Hall–Kier alpha value is -1.93. The molecule has 3 rings (SSSR count). The Kier molecular flexibility index (Phi) is 6.64. The van der Waals surface area contributed by atoms with Crippen LogP contribution < -0.4 is 10.2 Å². The zero-order valence-corrected chi connectivity index (χ0v) is 17.4. The summed E-state index contributed by atoms with van der Waals surface area (Å²) < 4.78 is 10.4. The highest BCUT2D eigenvalue weighted by molar-refractivity contribution is 8.14. The molecule has 0 fully saturated rings. The number of carbonyl (C=O) groups excluding carboxylic acids is 2. The van der Waals surface area contributed by atoms with Crippen molar-refractivity contribution in [1.29, 1.82) is 0 Å². The van der Waals surface area contributed by atoms with E-state index in [-0.39, 0.29) is 18.5 Å². The number of alkyl carbamates (subject to hydrolysis) is 2. The van der Waals surface area contributed by atoms with Gasteiger partial charge in [-0.3, -0.25) is 4.99 Å². The van der Waals surface area contributed by atoms with Gasteiger partial charge in [-0.15, -0.1) is 12.4 Å². The van der Waals surface area contributed by atoms with Crippen molar-refractivity contribution >= 4 is 47.2 Å². The number of hydrogen-bond acceptors (Lipinski definition) is 7. The van der Waals surface area contributed by atoms with E-state index in [0.29, 0.717) is 0 Å². The highest BCUT2D eigenvalue weighted by Crippen LogP contribution is 2.43. The lowest BCUT2D eigenvalue weighted by Crippen LogP contribution is -2.37. The molecule has 1 aromatic rings. The number of benzene rings is 1. The molecule has 148 valence electrons. The summed E-state index contributed by atoms with van der Waals surface area (Å²) in [7, 11) is 0. The molecule has 27 heavy (non-hydrogen) atoms. The van der Waals surface area contributed by atoms with E-state index in [4.69, 9.17) is 9.47 Å². The lowest BCUT2D eigenvalue weighted by molar-refractivity contribution is 0.0341. The molecule has 1 N–H and O–H groups in total. The lowest BCUT2D eigenvalue weighted by Gasteiger charge is -2.27. The van der Waals surface area contributed by atoms with Crippen LogP contribution in [-0.2, 0) is 15.1 Å². The average molecular weight is 414 g/mol. The van der Waals surface area contributed by atoms with Crippen LogP contribution in [0.2, 0.25) is 0 Å². The van der Waals surface area contributed by atoms with E-state index in [9.17, 15) is 9.59 Å². The van der Waals surface area contributed by atoms with Gasteiger partial charge in [-0.25, -0.2) is 14.9 Å². The van der Waals surface area contributed by atoms with Gasteiger partial charge in [0.05, 0.1) is 11.8 Å². The molecule has 0 saturated heterocycles. The van der Waals surface area contributed by atoms with Gasteiger partial charge in [0, 0.05) is 18.0 Å². The number of imide groups is 1. The molecule has 7 nitrogen and oxygen atoms in total. The molecule has 0 aliphatic carbocycles. The quantitative estimate of drug-likeness (QED) is 0.796. The Morgan fingerprint density at radius 2 is 2.04 bits per heavy atom. The SMILES string of the molecule is CC(C)OC(=O)NC(=O)OC(C)(C)c1ccc2c(c1)N1CCCN=C1S2.Cl. The summed E-state index contributed by atoms with van der Waals surface area (Å²) in [6.07, 6.45) is -0.949. The van der Waals surface area contributed by atoms with Crippen LogP contribution in [-0.4, -0.2) is 36.5 Å². The predicted molar refractivity (Wildman–Crippen MR) is 108 cm³/mol. The summed E-state index contributed by atoms with van der Waals surface area (Å²) in [6.45, 7) is 8.78. The number of thioether (sulfide) groups is 1. The highest BCUT2D eigenvalue weighted by atomic mass is 35.5. The van der Waals surface area contributed by atoms with E-state index in [0.717, 1.165) is 40.8 Å². The minimum Gasteiger partial charge on any atom is -0.446 e. The first-order valence-electron chi connectivity index (χ1n) is 8.61. The lowest BCUT2D eigenvalue weighted by atomic mass is 9.97. The summed E-state index contributed by atoms with van der Waals surface area (Å²) >= 11 is 1.66. The molecule has 0 atom stereocenters. The van der Waals surface area contributed by atoms with Crippen molar-refractivity contribution in [2.75, 3.05) is 18.0 Å². The second kappa shape index (κ2) is 8.39. The number of anilines is 1. The molecule has 2 amide bonds. The molecular formula is C18H24ClN3O4S. The molecule has 0 aromatic heterocycles. The van der Waals surface area contributed by atoms with Gasteiger partial charge >= 0.3 is 12.2 Å². The van der Waals surface area contributed by atoms with Crippen molar-refractivity contribution < 1.29 is 19.1 Å². The Bertz CT molecular complexity index is 767. The number of rotatable bonds is 3. The Balaban J connectivity index is 0.00000261. The molecule has 1 aromatic carbocycles. The Morgan fingerprint density at radius 1 is 1.30 bits per heavy atom. The zero-order chi connectivity index (χ0) is 18.9. The zero-order valence-electron chi connectivity index (χ0n) is 15.8. The first kappa shape index (κ1) is 21.4.